The first-order chi connectivity index (χ1) is 11.7. The first-order valence-corrected chi connectivity index (χ1v) is 9.34. The number of aromatic nitrogens is 2. The quantitative estimate of drug-likeness (QED) is 0.725. The molecular formula is C19H21N3OS. The van der Waals surface area contributed by atoms with Crippen LogP contribution < -0.4 is 0 Å². The Morgan fingerprint density at radius 3 is 3.04 bits per heavy atom. The van der Waals surface area contributed by atoms with Gasteiger partial charge in [0, 0.05) is 42.3 Å². The van der Waals surface area contributed by atoms with Gasteiger partial charge in [0.05, 0.1) is 12.5 Å². The molecule has 3 aromatic rings. The van der Waals surface area contributed by atoms with E-state index in [-0.39, 0.29) is 11.9 Å². The van der Waals surface area contributed by atoms with Crippen LogP contribution in [0.2, 0.25) is 0 Å². The summed E-state index contributed by atoms with van der Waals surface area (Å²) < 4.78 is 2.10. The highest BCUT2D eigenvalue weighted by Gasteiger charge is 2.29. The number of amides is 1. The van der Waals surface area contributed by atoms with Crippen molar-refractivity contribution in [2.24, 2.45) is 7.05 Å². The molecule has 1 fully saturated rings. The molecule has 4 rings (SSSR count). The third-order valence-corrected chi connectivity index (χ3v) is 5.76. The molecule has 0 aliphatic carbocycles. The van der Waals surface area contributed by atoms with Gasteiger partial charge in [-0.3, -0.25) is 4.79 Å². The monoisotopic (exact) mass is 339 g/mol. The van der Waals surface area contributed by atoms with Crippen LogP contribution in [0.3, 0.4) is 0 Å². The highest BCUT2D eigenvalue weighted by atomic mass is 32.1. The molecule has 124 valence electrons. The number of hydrogen-bond donors (Lipinski definition) is 0. The summed E-state index contributed by atoms with van der Waals surface area (Å²) in [5, 5.41) is 4.24. The van der Waals surface area contributed by atoms with Crippen molar-refractivity contribution in [2.45, 2.75) is 31.7 Å². The van der Waals surface area contributed by atoms with Gasteiger partial charge in [-0.05, 0) is 30.9 Å². The van der Waals surface area contributed by atoms with E-state index >= 15 is 0 Å². The van der Waals surface area contributed by atoms with Crippen molar-refractivity contribution in [3.63, 3.8) is 0 Å². The van der Waals surface area contributed by atoms with Crippen molar-refractivity contribution in [2.75, 3.05) is 6.54 Å². The normalized spacial score (nSPS) is 18.2. The zero-order valence-corrected chi connectivity index (χ0v) is 14.6. The minimum absolute atomic E-state index is 0.154. The molecule has 1 atom stereocenters. The fraction of sp³-hybridized carbons (Fsp3) is 0.368. The number of rotatable bonds is 3. The lowest BCUT2D eigenvalue weighted by molar-refractivity contribution is -0.134. The number of fused-ring (bicyclic) bond motifs is 1. The maximum atomic E-state index is 13.0. The third kappa shape index (κ3) is 2.73. The second-order valence-corrected chi connectivity index (χ2v) is 7.35. The van der Waals surface area contributed by atoms with E-state index in [1.54, 1.807) is 11.3 Å². The SMILES string of the molecule is Cn1cc(CC(=O)N2CCCCC2c2nccs2)c2ccccc21. The van der Waals surface area contributed by atoms with Gasteiger partial charge in [0.15, 0.2) is 0 Å². The number of para-hydroxylation sites is 1. The molecule has 0 spiro atoms. The molecule has 0 N–H and O–H groups in total. The van der Waals surface area contributed by atoms with E-state index in [2.05, 4.69) is 27.9 Å². The van der Waals surface area contributed by atoms with Crippen LogP contribution in [0.25, 0.3) is 10.9 Å². The summed E-state index contributed by atoms with van der Waals surface area (Å²) in [4.78, 5) is 19.5. The van der Waals surface area contributed by atoms with Crippen molar-refractivity contribution < 1.29 is 4.79 Å². The molecule has 2 aromatic heterocycles. The highest BCUT2D eigenvalue weighted by Crippen LogP contribution is 2.33. The lowest BCUT2D eigenvalue weighted by atomic mass is 10.0. The number of piperidine rings is 1. The Labute approximate surface area is 145 Å². The number of thiazole rings is 1. The Bertz CT molecular complexity index is 853. The Morgan fingerprint density at radius 1 is 1.33 bits per heavy atom. The minimum atomic E-state index is 0.154. The molecule has 5 heteroatoms. The molecule has 0 radical (unpaired) electrons. The average molecular weight is 339 g/mol. The van der Waals surface area contributed by atoms with Crippen LogP contribution in [0.15, 0.2) is 42.0 Å². The number of aryl methyl sites for hydroxylation is 1. The van der Waals surface area contributed by atoms with Crippen LogP contribution in [-0.4, -0.2) is 26.9 Å². The van der Waals surface area contributed by atoms with Crippen LogP contribution in [0.5, 0.6) is 0 Å². The first kappa shape index (κ1) is 15.4. The van der Waals surface area contributed by atoms with E-state index in [9.17, 15) is 4.79 Å². The molecule has 1 unspecified atom stereocenters. The molecule has 1 saturated heterocycles. The smallest absolute Gasteiger partial charge is 0.227 e. The van der Waals surface area contributed by atoms with Gasteiger partial charge in [-0.15, -0.1) is 11.3 Å². The van der Waals surface area contributed by atoms with Crippen LogP contribution in [0.1, 0.15) is 35.9 Å². The molecule has 1 aromatic carbocycles. The molecule has 0 bridgehead atoms. The lowest BCUT2D eigenvalue weighted by Gasteiger charge is -2.34. The number of likely N-dealkylation sites (tertiary alicyclic amines) is 1. The Hall–Kier alpha value is -2.14. The summed E-state index contributed by atoms with van der Waals surface area (Å²) in [7, 11) is 2.04. The van der Waals surface area contributed by atoms with Crippen LogP contribution in [0, 0.1) is 0 Å². The molecule has 1 amide bonds. The number of nitrogens with zero attached hydrogens (tertiary/aromatic N) is 3. The number of carbonyl (C=O) groups is 1. The summed E-state index contributed by atoms with van der Waals surface area (Å²) in [5.41, 5.74) is 2.29. The molecule has 1 aliphatic rings. The number of benzene rings is 1. The first-order valence-electron chi connectivity index (χ1n) is 8.46. The van der Waals surface area contributed by atoms with Gasteiger partial charge in [-0.1, -0.05) is 18.2 Å². The summed E-state index contributed by atoms with van der Waals surface area (Å²) in [6.07, 6.45) is 7.66. The van der Waals surface area contributed by atoms with Gasteiger partial charge in [-0.2, -0.15) is 0 Å². The fourth-order valence-corrected chi connectivity index (χ4v) is 4.50. The van der Waals surface area contributed by atoms with E-state index in [1.807, 2.05) is 35.7 Å². The summed E-state index contributed by atoms with van der Waals surface area (Å²) in [5.74, 6) is 0.214. The summed E-state index contributed by atoms with van der Waals surface area (Å²) in [6.45, 7) is 0.841. The van der Waals surface area contributed by atoms with Crippen molar-refractivity contribution in [3.8, 4) is 0 Å². The van der Waals surface area contributed by atoms with Gasteiger partial charge in [0.2, 0.25) is 5.91 Å². The Balaban J connectivity index is 1.60. The van der Waals surface area contributed by atoms with E-state index in [1.165, 1.54) is 17.3 Å². The maximum absolute atomic E-state index is 13.0. The van der Waals surface area contributed by atoms with Gasteiger partial charge in [-0.25, -0.2) is 4.98 Å². The minimum Gasteiger partial charge on any atom is -0.350 e. The molecule has 1 aliphatic heterocycles. The molecule has 0 saturated carbocycles. The second-order valence-electron chi connectivity index (χ2n) is 6.43. The third-order valence-electron chi connectivity index (χ3n) is 4.88. The standard InChI is InChI=1S/C19H21N3OS/c1-21-13-14(15-6-2-3-7-16(15)21)12-18(23)22-10-5-4-8-17(22)19-20-9-11-24-19/h2-3,6-7,9,11,13,17H,4-5,8,10,12H2,1H3. The van der Waals surface area contributed by atoms with E-state index in [0.29, 0.717) is 6.42 Å². The predicted molar refractivity (Wildman–Crippen MR) is 97.0 cm³/mol. The van der Waals surface area contributed by atoms with Gasteiger partial charge < -0.3 is 9.47 Å². The van der Waals surface area contributed by atoms with Crippen molar-refractivity contribution in [1.29, 1.82) is 0 Å². The molecular weight excluding hydrogens is 318 g/mol. The van der Waals surface area contributed by atoms with Gasteiger partial charge >= 0.3 is 0 Å². The Kier molecular flexibility index (Phi) is 4.10. The molecule has 3 heterocycles. The van der Waals surface area contributed by atoms with Gasteiger partial charge in [0.1, 0.15) is 5.01 Å². The van der Waals surface area contributed by atoms with Crippen molar-refractivity contribution >= 4 is 28.1 Å². The van der Waals surface area contributed by atoms with Crippen molar-refractivity contribution in [3.05, 3.63) is 52.6 Å². The van der Waals surface area contributed by atoms with Crippen LogP contribution in [0.4, 0.5) is 0 Å². The zero-order chi connectivity index (χ0) is 16.5. The van der Waals surface area contributed by atoms with E-state index in [4.69, 9.17) is 0 Å². The van der Waals surface area contributed by atoms with Crippen molar-refractivity contribution in [1.82, 2.24) is 14.5 Å². The second kappa shape index (κ2) is 6.40. The molecule has 24 heavy (non-hydrogen) atoms. The summed E-state index contributed by atoms with van der Waals surface area (Å²) >= 11 is 1.65. The predicted octanol–water partition coefficient (Wildman–Crippen LogP) is 3.93. The lowest BCUT2D eigenvalue weighted by Crippen LogP contribution is -2.39. The van der Waals surface area contributed by atoms with Crippen LogP contribution >= 0.6 is 11.3 Å². The average Bonchev–Trinajstić information content (AvgIpc) is 3.24. The zero-order valence-electron chi connectivity index (χ0n) is 13.8. The highest BCUT2D eigenvalue weighted by molar-refractivity contribution is 7.09. The number of carbonyl (C=O) groups excluding carboxylic acids is 1. The fourth-order valence-electron chi connectivity index (χ4n) is 3.72. The molecule has 4 nitrogen and oxygen atoms in total. The summed E-state index contributed by atoms with van der Waals surface area (Å²) in [6, 6.07) is 8.43. The Morgan fingerprint density at radius 2 is 2.21 bits per heavy atom. The van der Waals surface area contributed by atoms with E-state index < -0.39 is 0 Å². The van der Waals surface area contributed by atoms with E-state index in [0.717, 1.165) is 30.0 Å². The topological polar surface area (TPSA) is 38.1 Å². The number of hydrogen-bond acceptors (Lipinski definition) is 3. The maximum Gasteiger partial charge on any atom is 0.227 e. The van der Waals surface area contributed by atoms with Gasteiger partial charge in [0.25, 0.3) is 0 Å². The largest absolute Gasteiger partial charge is 0.350 e. The van der Waals surface area contributed by atoms with Crippen LogP contribution in [-0.2, 0) is 18.3 Å².